The van der Waals surface area contributed by atoms with E-state index >= 15 is 0 Å². The third-order valence-electron chi connectivity index (χ3n) is 4.41. The van der Waals surface area contributed by atoms with E-state index in [9.17, 15) is 9.59 Å². The summed E-state index contributed by atoms with van der Waals surface area (Å²) >= 11 is 1.44. The van der Waals surface area contributed by atoms with E-state index in [2.05, 4.69) is 5.32 Å². The van der Waals surface area contributed by atoms with Crippen molar-refractivity contribution in [2.75, 3.05) is 11.1 Å². The molecule has 0 fully saturated rings. The third-order valence-corrected chi connectivity index (χ3v) is 5.41. The van der Waals surface area contributed by atoms with Gasteiger partial charge in [-0.25, -0.2) is 0 Å². The van der Waals surface area contributed by atoms with E-state index in [4.69, 9.17) is 0 Å². The highest BCUT2D eigenvalue weighted by Gasteiger charge is 2.11. The standard InChI is InChI=1S/C23H21NO2S/c1-16-8-6-13-21(17(16)2)24-23(26)19-11-7-12-20(14-19)27-15-22(25)18-9-4-3-5-10-18/h3-14H,15H2,1-2H3,(H,24,26). The van der Waals surface area contributed by atoms with Crippen LogP contribution >= 0.6 is 11.8 Å². The van der Waals surface area contributed by atoms with Crippen molar-refractivity contribution in [2.24, 2.45) is 0 Å². The van der Waals surface area contributed by atoms with E-state index in [1.165, 1.54) is 11.8 Å². The molecule has 0 aliphatic rings. The van der Waals surface area contributed by atoms with Crippen LogP contribution in [0.3, 0.4) is 0 Å². The number of carbonyl (C=O) groups excluding carboxylic acids is 2. The molecule has 0 heterocycles. The molecule has 0 aliphatic heterocycles. The second kappa shape index (κ2) is 8.69. The largest absolute Gasteiger partial charge is 0.322 e. The van der Waals surface area contributed by atoms with Gasteiger partial charge in [-0.2, -0.15) is 0 Å². The first-order valence-electron chi connectivity index (χ1n) is 8.73. The van der Waals surface area contributed by atoms with Crippen LogP contribution in [0.4, 0.5) is 5.69 Å². The van der Waals surface area contributed by atoms with Gasteiger partial charge in [-0.3, -0.25) is 9.59 Å². The minimum absolute atomic E-state index is 0.0749. The molecule has 3 aromatic rings. The van der Waals surface area contributed by atoms with E-state index < -0.39 is 0 Å². The van der Waals surface area contributed by atoms with Crippen LogP contribution in [0, 0.1) is 13.8 Å². The molecule has 0 aromatic heterocycles. The fraction of sp³-hybridized carbons (Fsp3) is 0.130. The first kappa shape index (κ1) is 18.9. The Labute approximate surface area is 163 Å². The highest BCUT2D eigenvalue weighted by molar-refractivity contribution is 8.00. The van der Waals surface area contributed by atoms with E-state index in [1.807, 2.05) is 80.6 Å². The quantitative estimate of drug-likeness (QED) is 0.455. The summed E-state index contributed by atoms with van der Waals surface area (Å²) in [5, 5.41) is 2.97. The maximum absolute atomic E-state index is 12.6. The molecule has 0 radical (unpaired) electrons. The highest BCUT2D eigenvalue weighted by Crippen LogP contribution is 2.22. The summed E-state index contributed by atoms with van der Waals surface area (Å²) in [6.07, 6.45) is 0. The lowest BCUT2D eigenvalue weighted by molar-refractivity contribution is 0.101. The normalized spacial score (nSPS) is 10.4. The summed E-state index contributed by atoms with van der Waals surface area (Å²) in [6.45, 7) is 4.01. The van der Waals surface area contributed by atoms with Gasteiger partial charge in [0.25, 0.3) is 5.91 Å². The lowest BCUT2D eigenvalue weighted by atomic mass is 10.1. The second-order valence-corrected chi connectivity index (χ2v) is 7.36. The van der Waals surface area contributed by atoms with Crippen LogP contribution in [0.15, 0.2) is 77.7 Å². The summed E-state index contributed by atoms with van der Waals surface area (Å²) in [6, 6.07) is 22.4. The maximum atomic E-state index is 12.6. The number of Topliss-reactive ketones (excluding diaryl/α,β-unsaturated/α-hetero) is 1. The van der Waals surface area contributed by atoms with Gasteiger partial charge in [-0.05, 0) is 49.2 Å². The lowest BCUT2D eigenvalue weighted by Gasteiger charge is -2.11. The Kier molecular flexibility index (Phi) is 6.09. The molecule has 3 rings (SSSR count). The second-order valence-electron chi connectivity index (χ2n) is 6.31. The fourth-order valence-corrected chi connectivity index (χ4v) is 3.51. The Morgan fingerprint density at radius 2 is 1.56 bits per heavy atom. The van der Waals surface area contributed by atoms with Crippen molar-refractivity contribution in [3.63, 3.8) is 0 Å². The van der Waals surface area contributed by atoms with Crippen molar-refractivity contribution in [2.45, 2.75) is 18.7 Å². The fourth-order valence-electron chi connectivity index (χ4n) is 2.66. The lowest BCUT2D eigenvalue weighted by Crippen LogP contribution is -2.13. The van der Waals surface area contributed by atoms with Crippen molar-refractivity contribution in [1.29, 1.82) is 0 Å². The predicted octanol–water partition coefficient (Wildman–Crippen LogP) is 5.53. The molecule has 136 valence electrons. The number of nitrogens with one attached hydrogen (secondary N) is 1. The Morgan fingerprint density at radius 1 is 0.852 bits per heavy atom. The van der Waals surface area contributed by atoms with Gasteiger partial charge in [0.15, 0.2) is 5.78 Å². The van der Waals surface area contributed by atoms with Crippen molar-refractivity contribution in [1.82, 2.24) is 0 Å². The first-order valence-corrected chi connectivity index (χ1v) is 9.72. The number of thioether (sulfide) groups is 1. The van der Waals surface area contributed by atoms with Crippen LogP contribution in [0.1, 0.15) is 31.8 Å². The summed E-state index contributed by atoms with van der Waals surface area (Å²) in [5.41, 5.74) is 4.29. The molecule has 3 nitrogen and oxygen atoms in total. The Morgan fingerprint density at radius 3 is 2.33 bits per heavy atom. The number of aryl methyl sites for hydroxylation is 1. The molecule has 1 N–H and O–H groups in total. The van der Waals surface area contributed by atoms with Gasteiger partial charge < -0.3 is 5.32 Å². The van der Waals surface area contributed by atoms with Gasteiger partial charge in [0, 0.05) is 21.7 Å². The average molecular weight is 375 g/mol. The molecule has 0 atom stereocenters. The number of carbonyl (C=O) groups is 2. The number of rotatable bonds is 6. The molecule has 27 heavy (non-hydrogen) atoms. The minimum Gasteiger partial charge on any atom is -0.322 e. The molecule has 4 heteroatoms. The molecule has 0 bridgehead atoms. The van der Waals surface area contributed by atoms with Crippen LogP contribution in [0.2, 0.25) is 0 Å². The molecule has 0 aliphatic carbocycles. The molecule has 0 unspecified atom stereocenters. The molecule has 0 saturated carbocycles. The van der Waals surface area contributed by atoms with Gasteiger partial charge in [0.2, 0.25) is 0 Å². The predicted molar refractivity (Wildman–Crippen MR) is 112 cm³/mol. The summed E-state index contributed by atoms with van der Waals surface area (Å²) < 4.78 is 0. The average Bonchev–Trinajstić information content (AvgIpc) is 2.70. The van der Waals surface area contributed by atoms with E-state index in [0.29, 0.717) is 16.9 Å². The first-order chi connectivity index (χ1) is 13.0. The topological polar surface area (TPSA) is 46.2 Å². The summed E-state index contributed by atoms with van der Waals surface area (Å²) in [7, 11) is 0. The molecule has 3 aromatic carbocycles. The number of hydrogen-bond acceptors (Lipinski definition) is 3. The molecular weight excluding hydrogens is 354 g/mol. The van der Waals surface area contributed by atoms with Crippen LogP contribution in [-0.2, 0) is 0 Å². The maximum Gasteiger partial charge on any atom is 0.255 e. The Balaban J connectivity index is 1.67. The van der Waals surface area contributed by atoms with Crippen LogP contribution in [0.5, 0.6) is 0 Å². The number of benzene rings is 3. The molecular formula is C23H21NO2S. The Bertz CT molecular complexity index is 967. The van der Waals surface area contributed by atoms with E-state index in [1.54, 1.807) is 6.07 Å². The molecule has 0 saturated heterocycles. The smallest absolute Gasteiger partial charge is 0.255 e. The number of hydrogen-bond donors (Lipinski definition) is 1. The monoisotopic (exact) mass is 375 g/mol. The zero-order chi connectivity index (χ0) is 19.2. The third kappa shape index (κ3) is 4.86. The highest BCUT2D eigenvalue weighted by atomic mass is 32.2. The van der Waals surface area contributed by atoms with Crippen molar-refractivity contribution >= 4 is 29.1 Å². The summed E-state index contributed by atoms with van der Waals surface area (Å²) in [5.74, 6) is 0.262. The van der Waals surface area contributed by atoms with Gasteiger partial charge in [0.1, 0.15) is 0 Å². The number of anilines is 1. The number of amides is 1. The zero-order valence-corrected chi connectivity index (χ0v) is 16.2. The van der Waals surface area contributed by atoms with Gasteiger partial charge in [-0.15, -0.1) is 11.8 Å². The molecule has 1 amide bonds. The van der Waals surface area contributed by atoms with Crippen molar-refractivity contribution in [3.05, 3.63) is 95.1 Å². The SMILES string of the molecule is Cc1cccc(NC(=O)c2cccc(SCC(=O)c3ccccc3)c2)c1C. The van der Waals surface area contributed by atoms with Crippen LogP contribution < -0.4 is 5.32 Å². The Hall–Kier alpha value is -2.85. The van der Waals surface area contributed by atoms with Crippen LogP contribution in [-0.4, -0.2) is 17.4 Å². The van der Waals surface area contributed by atoms with Gasteiger partial charge in [0.05, 0.1) is 5.75 Å². The van der Waals surface area contributed by atoms with Gasteiger partial charge >= 0.3 is 0 Å². The van der Waals surface area contributed by atoms with Gasteiger partial charge in [-0.1, -0.05) is 48.5 Å². The minimum atomic E-state index is -0.152. The van der Waals surface area contributed by atoms with Crippen molar-refractivity contribution < 1.29 is 9.59 Å². The van der Waals surface area contributed by atoms with Crippen LogP contribution in [0.25, 0.3) is 0 Å². The van der Waals surface area contributed by atoms with Crippen molar-refractivity contribution in [3.8, 4) is 0 Å². The van der Waals surface area contributed by atoms with E-state index in [0.717, 1.165) is 21.7 Å². The number of ketones is 1. The summed E-state index contributed by atoms with van der Waals surface area (Å²) in [4.78, 5) is 25.7. The molecule has 0 spiro atoms. The van der Waals surface area contributed by atoms with E-state index in [-0.39, 0.29) is 11.7 Å². The zero-order valence-electron chi connectivity index (χ0n) is 15.4.